The van der Waals surface area contributed by atoms with E-state index in [1.807, 2.05) is 0 Å². The summed E-state index contributed by atoms with van der Waals surface area (Å²) in [5.74, 6) is 0. The van der Waals surface area contributed by atoms with Gasteiger partial charge in [-0.2, -0.15) is 0 Å². The summed E-state index contributed by atoms with van der Waals surface area (Å²) >= 11 is 0. The molecule has 0 atom stereocenters. The molecule has 0 radical (unpaired) electrons. The lowest BCUT2D eigenvalue weighted by Gasteiger charge is -1.91. The van der Waals surface area contributed by atoms with Crippen LogP contribution < -0.4 is 0 Å². The molecule has 0 aliphatic carbocycles. The molecule has 0 fully saturated rings. The van der Waals surface area contributed by atoms with Crippen LogP contribution in [0, 0.1) is 0 Å². The molecule has 0 heterocycles. The molecule has 9 heavy (non-hydrogen) atoms. The Kier molecular flexibility index (Phi) is 5.64. The lowest BCUT2D eigenvalue weighted by molar-refractivity contribution is 0.285. The van der Waals surface area contributed by atoms with Crippen molar-refractivity contribution in [3.8, 4) is 0 Å². The molecule has 54 valence electrons. The molecule has 0 saturated carbocycles. The van der Waals surface area contributed by atoms with Crippen molar-refractivity contribution in [1.82, 2.24) is 0 Å². The van der Waals surface area contributed by atoms with E-state index in [0.29, 0.717) is 6.61 Å². The second-order valence-electron chi connectivity index (χ2n) is 2.50. The molecule has 0 rings (SSSR count). The predicted octanol–water partition coefficient (Wildman–Crippen LogP) is 2.12. The number of allylic oxidation sites excluding steroid dienone is 2. The van der Waals surface area contributed by atoms with E-state index in [1.54, 1.807) is 0 Å². The van der Waals surface area contributed by atoms with Crippen molar-refractivity contribution in [2.24, 2.45) is 0 Å². The molecule has 0 aromatic heterocycles. The zero-order valence-electron chi connectivity index (χ0n) is 6.35. The monoisotopic (exact) mass is 128 g/mol. The van der Waals surface area contributed by atoms with Gasteiger partial charge < -0.3 is 5.11 Å². The van der Waals surface area contributed by atoms with Crippen LogP contribution in [0.5, 0.6) is 0 Å². The Morgan fingerprint density at radius 1 is 1.33 bits per heavy atom. The maximum atomic E-state index is 8.41. The second kappa shape index (κ2) is 5.83. The fraction of sp³-hybridized carbons (Fsp3) is 0.750. The van der Waals surface area contributed by atoms with Crippen LogP contribution in [0.2, 0.25) is 0 Å². The summed E-state index contributed by atoms with van der Waals surface area (Å²) in [6.07, 6.45) is 5.37. The average Bonchev–Trinajstić information content (AvgIpc) is 1.80. The van der Waals surface area contributed by atoms with Crippen LogP contribution in [-0.4, -0.2) is 11.7 Å². The van der Waals surface area contributed by atoms with Crippen LogP contribution in [0.15, 0.2) is 11.6 Å². The molecule has 0 unspecified atom stereocenters. The Morgan fingerprint density at radius 3 is 2.44 bits per heavy atom. The maximum Gasteiger partial charge on any atom is 0.0431 e. The van der Waals surface area contributed by atoms with E-state index in [0.717, 1.165) is 19.3 Å². The first-order valence-corrected chi connectivity index (χ1v) is 3.51. The number of aliphatic hydroxyl groups excluding tert-OH is 1. The smallest absolute Gasteiger partial charge is 0.0431 e. The van der Waals surface area contributed by atoms with Gasteiger partial charge in [-0.3, -0.25) is 0 Å². The van der Waals surface area contributed by atoms with Crippen molar-refractivity contribution in [2.75, 3.05) is 6.61 Å². The number of rotatable bonds is 4. The quantitative estimate of drug-likeness (QED) is 0.454. The van der Waals surface area contributed by atoms with Crippen LogP contribution in [0.4, 0.5) is 0 Å². The highest BCUT2D eigenvalue weighted by Gasteiger charge is 1.82. The Balaban J connectivity index is 3.00. The number of hydrogen-bond acceptors (Lipinski definition) is 1. The van der Waals surface area contributed by atoms with Crippen LogP contribution in [0.3, 0.4) is 0 Å². The van der Waals surface area contributed by atoms with Gasteiger partial charge >= 0.3 is 0 Å². The van der Waals surface area contributed by atoms with Gasteiger partial charge in [0.1, 0.15) is 0 Å². The van der Waals surface area contributed by atoms with Gasteiger partial charge in [-0.1, -0.05) is 11.6 Å². The second-order valence-corrected chi connectivity index (χ2v) is 2.50. The first-order valence-electron chi connectivity index (χ1n) is 3.51. The van der Waals surface area contributed by atoms with E-state index in [9.17, 15) is 0 Å². The minimum absolute atomic E-state index is 0.330. The van der Waals surface area contributed by atoms with E-state index < -0.39 is 0 Å². The minimum atomic E-state index is 0.330. The van der Waals surface area contributed by atoms with E-state index in [1.165, 1.54) is 5.57 Å². The lowest BCUT2D eigenvalue weighted by Crippen LogP contribution is -1.80. The first kappa shape index (κ1) is 8.70. The normalized spacial score (nSPS) is 9.22. The van der Waals surface area contributed by atoms with Gasteiger partial charge in [-0.15, -0.1) is 0 Å². The highest BCUT2D eigenvalue weighted by atomic mass is 16.2. The molecule has 0 spiro atoms. The average molecular weight is 128 g/mol. The third-order valence-corrected chi connectivity index (χ3v) is 1.16. The van der Waals surface area contributed by atoms with Gasteiger partial charge in [0.25, 0.3) is 0 Å². The Labute approximate surface area is 57.4 Å². The van der Waals surface area contributed by atoms with Crippen molar-refractivity contribution >= 4 is 0 Å². The van der Waals surface area contributed by atoms with Crippen LogP contribution in [-0.2, 0) is 0 Å². The number of hydrogen-bond donors (Lipinski definition) is 1. The molecule has 0 aromatic rings. The van der Waals surface area contributed by atoms with E-state index in [2.05, 4.69) is 19.9 Å². The van der Waals surface area contributed by atoms with Crippen LogP contribution in [0.1, 0.15) is 33.1 Å². The fourth-order valence-electron chi connectivity index (χ4n) is 0.647. The van der Waals surface area contributed by atoms with Gasteiger partial charge in [-0.25, -0.2) is 0 Å². The topological polar surface area (TPSA) is 20.2 Å². The molecule has 0 aliphatic heterocycles. The van der Waals surface area contributed by atoms with Gasteiger partial charge in [0.05, 0.1) is 0 Å². The standard InChI is InChI=1S/C8H16O/c1-8(2)6-4-3-5-7-9/h6,9H,3-5,7H2,1-2H3. The van der Waals surface area contributed by atoms with Gasteiger partial charge in [0.15, 0.2) is 0 Å². The maximum absolute atomic E-state index is 8.41. The van der Waals surface area contributed by atoms with E-state index in [4.69, 9.17) is 5.11 Å². The highest BCUT2D eigenvalue weighted by molar-refractivity contribution is 4.92. The predicted molar refractivity (Wildman–Crippen MR) is 40.4 cm³/mol. The van der Waals surface area contributed by atoms with E-state index in [-0.39, 0.29) is 0 Å². The summed E-state index contributed by atoms with van der Waals surface area (Å²) in [5.41, 5.74) is 1.37. The Bertz CT molecular complexity index is 80.6. The summed E-state index contributed by atoms with van der Waals surface area (Å²) < 4.78 is 0. The zero-order valence-corrected chi connectivity index (χ0v) is 6.35. The van der Waals surface area contributed by atoms with Crippen molar-refractivity contribution < 1.29 is 5.11 Å². The molecule has 1 nitrogen and oxygen atoms in total. The van der Waals surface area contributed by atoms with Gasteiger partial charge in [0.2, 0.25) is 0 Å². The summed E-state index contributed by atoms with van der Waals surface area (Å²) in [5, 5.41) is 8.41. The summed E-state index contributed by atoms with van der Waals surface area (Å²) in [6.45, 7) is 4.52. The van der Waals surface area contributed by atoms with Crippen molar-refractivity contribution in [2.45, 2.75) is 33.1 Å². The molecule has 0 amide bonds. The largest absolute Gasteiger partial charge is 0.396 e. The molecule has 1 heteroatoms. The third-order valence-electron chi connectivity index (χ3n) is 1.16. The van der Waals surface area contributed by atoms with Crippen molar-refractivity contribution in [3.63, 3.8) is 0 Å². The molecule has 0 aromatic carbocycles. The fourth-order valence-corrected chi connectivity index (χ4v) is 0.647. The van der Waals surface area contributed by atoms with Gasteiger partial charge in [-0.05, 0) is 33.1 Å². The minimum Gasteiger partial charge on any atom is -0.396 e. The molecular weight excluding hydrogens is 112 g/mol. The number of aliphatic hydroxyl groups is 1. The molecular formula is C8H16O. The Morgan fingerprint density at radius 2 is 2.00 bits per heavy atom. The Hall–Kier alpha value is -0.300. The molecule has 0 aliphatic rings. The third kappa shape index (κ3) is 7.70. The summed E-state index contributed by atoms with van der Waals surface area (Å²) in [7, 11) is 0. The molecule has 0 saturated heterocycles. The first-order chi connectivity index (χ1) is 4.27. The van der Waals surface area contributed by atoms with Crippen LogP contribution >= 0.6 is 0 Å². The van der Waals surface area contributed by atoms with Crippen LogP contribution in [0.25, 0.3) is 0 Å². The highest BCUT2D eigenvalue weighted by Crippen LogP contribution is 1.98. The zero-order chi connectivity index (χ0) is 7.11. The van der Waals surface area contributed by atoms with Gasteiger partial charge in [0, 0.05) is 6.61 Å². The van der Waals surface area contributed by atoms with Crippen molar-refractivity contribution in [3.05, 3.63) is 11.6 Å². The van der Waals surface area contributed by atoms with E-state index >= 15 is 0 Å². The number of unbranched alkanes of at least 4 members (excludes halogenated alkanes) is 2. The molecule has 0 bridgehead atoms. The lowest BCUT2D eigenvalue weighted by atomic mass is 10.2. The summed E-state index contributed by atoms with van der Waals surface area (Å²) in [4.78, 5) is 0. The SMILES string of the molecule is CC(C)=CCCCCO. The summed E-state index contributed by atoms with van der Waals surface area (Å²) in [6, 6.07) is 0. The molecule has 1 N–H and O–H groups in total. The van der Waals surface area contributed by atoms with Crippen molar-refractivity contribution in [1.29, 1.82) is 0 Å².